The van der Waals surface area contributed by atoms with Crippen molar-refractivity contribution < 1.29 is 45.0 Å². The first-order valence-corrected chi connectivity index (χ1v) is 10.3. The quantitative estimate of drug-likeness (QED) is 0.605. The Morgan fingerprint density at radius 2 is 1.73 bits per heavy atom. The number of carbonyl (C=O) groups excluding carboxylic acids is 1. The van der Waals surface area contributed by atoms with Crippen LogP contribution in [0.3, 0.4) is 0 Å². The highest BCUT2D eigenvalue weighted by Crippen LogP contribution is 2.36. The number of morpholine rings is 1. The molecule has 6 nitrogen and oxygen atoms in total. The average Bonchev–Trinajstić information content (AvgIpc) is 2.72. The summed E-state index contributed by atoms with van der Waals surface area (Å²) in [5, 5.41) is 0. The number of alkyl halides is 6. The van der Waals surface area contributed by atoms with Gasteiger partial charge in [0.2, 0.25) is 0 Å². The lowest BCUT2D eigenvalue weighted by Crippen LogP contribution is -2.56. The van der Waals surface area contributed by atoms with E-state index in [4.69, 9.17) is 4.74 Å². The van der Waals surface area contributed by atoms with Gasteiger partial charge in [0, 0.05) is 56.6 Å². The number of rotatable bonds is 4. The summed E-state index contributed by atoms with van der Waals surface area (Å²) in [6.07, 6.45) is -17.4. The molecule has 33 heavy (non-hydrogen) atoms. The van der Waals surface area contributed by atoms with Crippen molar-refractivity contribution in [2.45, 2.75) is 38.0 Å². The molecule has 0 saturated carbocycles. The number of carbonyl (C=O) groups is 1. The number of piperazine rings is 1. The van der Waals surface area contributed by atoms with E-state index in [1.165, 1.54) is 13.0 Å². The van der Waals surface area contributed by atoms with Gasteiger partial charge in [-0.25, -0.2) is 9.18 Å². The minimum Gasteiger partial charge on any atom is -0.426 e. The topological polar surface area (TPSA) is 45.2 Å². The van der Waals surface area contributed by atoms with Gasteiger partial charge in [-0.1, -0.05) is 6.07 Å². The molecule has 1 aromatic carbocycles. The SMILES string of the molecule is C[C@@H]1CN(Cc2ccc(N3CCOCC3)cc2F)CCN1C(=O)OC(C(F)(F)F)C(F)(F)F. The fraction of sp³-hybridized carbons (Fsp3) is 0.650. The van der Waals surface area contributed by atoms with Gasteiger partial charge in [-0.05, 0) is 19.1 Å². The fourth-order valence-electron chi connectivity index (χ4n) is 3.86. The summed E-state index contributed by atoms with van der Waals surface area (Å²) >= 11 is 0. The Kier molecular flexibility index (Phi) is 7.62. The molecule has 2 aliphatic rings. The zero-order valence-electron chi connectivity index (χ0n) is 17.8. The van der Waals surface area contributed by atoms with Gasteiger partial charge in [0.1, 0.15) is 5.82 Å². The van der Waals surface area contributed by atoms with Gasteiger partial charge in [0.05, 0.1) is 13.2 Å². The van der Waals surface area contributed by atoms with Crippen molar-refractivity contribution in [1.82, 2.24) is 9.80 Å². The molecule has 0 unspecified atom stereocenters. The van der Waals surface area contributed by atoms with Crippen LogP contribution in [0.25, 0.3) is 0 Å². The second-order valence-corrected chi connectivity index (χ2v) is 8.00. The molecular weight excluding hydrogens is 463 g/mol. The number of benzene rings is 1. The molecule has 1 amide bonds. The van der Waals surface area contributed by atoms with Crippen molar-refractivity contribution in [2.24, 2.45) is 0 Å². The van der Waals surface area contributed by atoms with E-state index < -0.39 is 36.4 Å². The zero-order chi connectivity index (χ0) is 24.4. The van der Waals surface area contributed by atoms with Crippen LogP contribution in [-0.4, -0.2) is 86.3 Å². The second kappa shape index (κ2) is 9.92. The first-order valence-electron chi connectivity index (χ1n) is 10.3. The molecule has 0 radical (unpaired) electrons. The predicted octanol–water partition coefficient (Wildman–Crippen LogP) is 3.80. The fourth-order valence-corrected chi connectivity index (χ4v) is 3.86. The third-order valence-corrected chi connectivity index (χ3v) is 5.57. The Morgan fingerprint density at radius 3 is 2.27 bits per heavy atom. The molecule has 2 saturated heterocycles. The minimum absolute atomic E-state index is 0.127. The van der Waals surface area contributed by atoms with Gasteiger partial charge in [-0.3, -0.25) is 4.90 Å². The summed E-state index contributed by atoms with van der Waals surface area (Å²) in [7, 11) is 0. The van der Waals surface area contributed by atoms with Crippen LogP contribution in [0.4, 0.5) is 41.2 Å². The summed E-state index contributed by atoms with van der Waals surface area (Å²) in [6, 6.07) is 4.12. The number of ether oxygens (including phenoxy) is 2. The van der Waals surface area contributed by atoms with Crippen molar-refractivity contribution in [3.8, 4) is 0 Å². The molecule has 0 spiro atoms. The highest BCUT2D eigenvalue weighted by Gasteiger charge is 2.60. The van der Waals surface area contributed by atoms with Crippen LogP contribution in [0, 0.1) is 5.82 Å². The van der Waals surface area contributed by atoms with Crippen molar-refractivity contribution >= 4 is 11.8 Å². The van der Waals surface area contributed by atoms with E-state index in [0.29, 0.717) is 31.9 Å². The molecular formula is C20H24F7N3O3. The highest BCUT2D eigenvalue weighted by molar-refractivity contribution is 5.68. The number of hydrogen-bond acceptors (Lipinski definition) is 5. The third kappa shape index (κ3) is 6.40. The van der Waals surface area contributed by atoms with Gasteiger partial charge < -0.3 is 19.3 Å². The van der Waals surface area contributed by atoms with E-state index in [0.717, 1.165) is 10.6 Å². The van der Waals surface area contributed by atoms with Gasteiger partial charge >= 0.3 is 18.4 Å². The molecule has 2 heterocycles. The first kappa shape index (κ1) is 25.3. The Balaban J connectivity index is 1.58. The number of anilines is 1. The van der Waals surface area contributed by atoms with E-state index >= 15 is 0 Å². The average molecular weight is 487 g/mol. The molecule has 186 valence electrons. The lowest BCUT2D eigenvalue weighted by atomic mass is 10.1. The minimum atomic E-state index is -5.77. The summed E-state index contributed by atoms with van der Waals surface area (Å²) < 4.78 is 99.7. The first-order chi connectivity index (χ1) is 15.4. The molecule has 1 aromatic rings. The molecule has 0 aromatic heterocycles. The van der Waals surface area contributed by atoms with Gasteiger partial charge in [-0.15, -0.1) is 0 Å². The molecule has 0 aliphatic carbocycles. The van der Waals surface area contributed by atoms with Gasteiger partial charge in [-0.2, -0.15) is 26.3 Å². The zero-order valence-corrected chi connectivity index (χ0v) is 17.8. The highest BCUT2D eigenvalue weighted by atomic mass is 19.4. The maximum Gasteiger partial charge on any atom is 0.434 e. The maximum absolute atomic E-state index is 14.6. The monoisotopic (exact) mass is 487 g/mol. The predicted molar refractivity (Wildman–Crippen MR) is 103 cm³/mol. The van der Waals surface area contributed by atoms with Crippen LogP contribution in [0.2, 0.25) is 0 Å². The molecule has 1 atom stereocenters. The maximum atomic E-state index is 14.6. The van der Waals surface area contributed by atoms with E-state index in [9.17, 15) is 35.5 Å². The van der Waals surface area contributed by atoms with E-state index in [2.05, 4.69) is 4.74 Å². The van der Waals surface area contributed by atoms with Crippen LogP contribution in [0.5, 0.6) is 0 Å². The third-order valence-electron chi connectivity index (χ3n) is 5.57. The van der Waals surface area contributed by atoms with E-state index in [1.54, 1.807) is 17.0 Å². The van der Waals surface area contributed by atoms with Crippen molar-refractivity contribution in [3.63, 3.8) is 0 Å². The van der Waals surface area contributed by atoms with Gasteiger partial charge in [0.15, 0.2) is 0 Å². The largest absolute Gasteiger partial charge is 0.434 e. The number of amides is 1. The Labute approximate surface area is 185 Å². The van der Waals surface area contributed by atoms with Crippen LogP contribution in [0.1, 0.15) is 12.5 Å². The van der Waals surface area contributed by atoms with E-state index in [-0.39, 0.29) is 26.2 Å². The molecule has 0 N–H and O–H groups in total. The van der Waals surface area contributed by atoms with Crippen LogP contribution in [0.15, 0.2) is 18.2 Å². The Bertz CT molecular complexity index is 814. The number of hydrogen-bond donors (Lipinski definition) is 0. The number of nitrogens with zero attached hydrogens (tertiary/aromatic N) is 3. The standard InChI is InChI=1S/C20H24F7N3O3/c1-13-11-28(4-5-30(13)18(31)33-17(19(22,23)24)20(25,26)27)12-14-2-3-15(10-16(14)21)29-6-8-32-9-7-29/h2-3,10,13,17H,4-9,11-12H2,1H3/t13-/m1/s1. The normalized spacial score (nSPS) is 20.9. The number of halogens is 7. The lowest BCUT2D eigenvalue weighted by Gasteiger charge is -2.40. The Morgan fingerprint density at radius 1 is 1.09 bits per heavy atom. The molecule has 0 bridgehead atoms. The summed E-state index contributed by atoms with van der Waals surface area (Å²) in [6.45, 7) is 4.17. The molecule has 13 heteroatoms. The van der Waals surface area contributed by atoms with Crippen LogP contribution < -0.4 is 4.90 Å². The Hall–Kier alpha value is -2.28. The smallest absolute Gasteiger partial charge is 0.426 e. The van der Waals surface area contributed by atoms with Gasteiger partial charge in [0.25, 0.3) is 6.10 Å². The summed E-state index contributed by atoms with van der Waals surface area (Å²) in [5.74, 6) is -0.424. The summed E-state index contributed by atoms with van der Waals surface area (Å²) in [5.41, 5.74) is 1.12. The second-order valence-electron chi connectivity index (χ2n) is 8.00. The summed E-state index contributed by atoms with van der Waals surface area (Å²) in [4.78, 5) is 16.6. The molecule has 2 aliphatic heterocycles. The van der Waals surface area contributed by atoms with E-state index in [1.807, 2.05) is 4.90 Å². The lowest BCUT2D eigenvalue weighted by molar-refractivity contribution is -0.308. The van der Waals surface area contributed by atoms with Crippen LogP contribution >= 0.6 is 0 Å². The molecule has 3 rings (SSSR count). The molecule has 2 fully saturated rings. The van der Waals surface area contributed by atoms with Crippen LogP contribution in [-0.2, 0) is 16.0 Å². The van der Waals surface area contributed by atoms with Crippen molar-refractivity contribution in [2.75, 3.05) is 50.8 Å². The van der Waals surface area contributed by atoms with Crippen molar-refractivity contribution in [1.29, 1.82) is 0 Å². The van der Waals surface area contributed by atoms with Crippen molar-refractivity contribution in [3.05, 3.63) is 29.6 Å².